The molecule has 0 saturated carbocycles. The van der Waals surface area contributed by atoms with E-state index in [2.05, 4.69) is 9.97 Å². The molecule has 0 N–H and O–H groups in total. The summed E-state index contributed by atoms with van der Waals surface area (Å²) < 4.78 is 19.0. The number of nitrogens with zero attached hydrogens (tertiary/aromatic N) is 4. The van der Waals surface area contributed by atoms with E-state index < -0.39 is 0 Å². The molecule has 0 aliphatic heterocycles. The summed E-state index contributed by atoms with van der Waals surface area (Å²) in [6, 6.07) is 12.1. The lowest BCUT2D eigenvalue weighted by Gasteiger charge is -2.09. The number of rotatable bonds is 3. The first-order valence-corrected chi connectivity index (χ1v) is 9.46. The molecule has 0 bridgehead atoms. The number of oxazole rings is 1. The van der Waals surface area contributed by atoms with Gasteiger partial charge in [0, 0.05) is 11.8 Å². The summed E-state index contributed by atoms with van der Waals surface area (Å²) in [5.41, 5.74) is 4.07. The van der Waals surface area contributed by atoms with Gasteiger partial charge in [0.25, 0.3) is 0 Å². The maximum atomic E-state index is 13.4. The highest BCUT2D eigenvalue weighted by molar-refractivity contribution is 7.13. The second-order valence-corrected chi connectivity index (χ2v) is 7.20. The fourth-order valence-electron chi connectivity index (χ4n) is 2.95. The summed E-state index contributed by atoms with van der Waals surface area (Å²) >= 11 is 1.57. The lowest BCUT2D eigenvalue weighted by Crippen LogP contribution is -1.97. The van der Waals surface area contributed by atoms with E-state index in [1.165, 1.54) is 12.1 Å². The summed E-state index contributed by atoms with van der Waals surface area (Å²) in [7, 11) is 0. The van der Waals surface area contributed by atoms with Crippen molar-refractivity contribution in [2.45, 2.75) is 6.92 Å². The van der Waals surface area contributed by atoms with Crippen molar-refractivity contribution in [1.29, 1.82) is 0 Å². The molecule has 0 aliphatic carbocycles. The number of aryl methyl sites for hydroxylation is 1. The van der Waals surface area contributed by atoms with Crippen molar-refractivity contribution < 1.29 is 8.81 Å². The maximum absolute atomic E-state index is 13.4. The minimum atomic E-state index is -0.292. The first kappa shape index (κ1) is 16.7. The van der Waals surface area contributed by atoms with Gasteiger partial charge >= 0.3 is 0 Å². The van der Waals surface area contributed by atoms with Gasteiger partial charge in [-0.05, 0) is 48.7 Å². The first-order valence-electron chi connectivity index (χ1n) is 8.58. The number of hydrogen-bond acceptors (Lipinski definition) is 6. The zero-order valence-corrected chi connectivity index (χ0v) is 15.6. The number of aromatic nitrogens is 4. The minimum absolute atomic E-state index is 0.292. The molecule has 0 spiro atoms. The quantitative estimate of drug-likeness (QED) is 0.407. The molecular weight excluding hydrogens is 375 g/mol. The Morgan fingerprint density at radius 3 is 2.50 bits per heavy atom. The molecule has 0 atom stereocenters. The number of hydrogen-bond donors (Lipinski definition) is 0. The summed E-state index contributed by atoms with van der Waals surface area (Å²) in [5, 5.41) is 1.99. The lowest BCUT2D eigenvalue weighted by molar-refractivity contribution is 0.542. The molecule has 0 unspecified atom stereocenters. The van der Waals surface area contributed by atoms with E-state index in [0.29, 0.717) is 22.7 Å². The number of halogens is 1. The van der Waals surface area contributed by atoms with Crippen LogP contribution in [0, 0.1) is 12.7 Å². The minimum Gasteiger partial charge on any atom is -0.441 e. The molecule has 4 heterocycles. The van der Waals surface area contributed by atoms with Gasteiger partial charge in [0.2, 0.25) is 5.89 Å². The van der Waals surface area contributed by atoms with E-state index in [4.69, 9.17) is 14.4 Å². The van der Waals surface area contributed by atoms with Crippen molar-refractivity contribution >= 4 is 22.5 Å². The van der Waals surface area contributed by atoms with Crippen LogP contribution in [0.25, 0.3) is 44.4 Å². The summed E-state index contributed by atoms with van der Waals surface area (Å²) in [5.74, 6) is 0.931. The normalized spacial score (nSPS) is 11.2. The number of benzene rings is 1. The number of fused-ring (bicyclic) bond motifs is 1. The smallest absolute Gasteiger partial charge is 0.227 e. The maximum Gasteiger partial charge on any atom is 0.227 e. The Balaban J connectivity index is 1.73. The van der Waals surface area contributed by atoms with Gasteiger partial charge in [-0.3, -0.25) is 0 Å². The average molecular weight is 388 g/mol. The zero-order chi connectivity index (χ0) is 19.1. The van der Waals surface area contributed by atoms with Crippen LogP contribution in [0.5, 0.6) is 0 Å². The summed E-state index contributed by atoms with van der Waals surface area (Å²) in [4.78, 5) is 19.2. The molecule has 0 aliphatic rings. The molecule has 0 saturated heterocycles. The third-order valence-electron chi connectivity index (χ3n) is 4.26. The molecule has 0 radical (unpaired) electrons. The monoisotopic (exact) mass is 388 g/mol. The van der Waals surface area contributed by atoms with Crippen LogP contribution in [0.1, 0.15) is 5.76 Å². The summed E-state index contributed by atoms with van der Waals surface area (Å²) in [6.07, 6.45) is 3.33. The predicted octanol–water partition coefficient (Wildman–Crippen LogP) is 5.52. The predicted molar refractivity (Wildman–Crippen MR) is 106 cm³/mol. The van der Waals surface area contributed by atoms with Crippen molar-refractivity contribution in [3.05, 3.63) is 71.8 Å². The van der Waals surface area contributed by atoms with Crippen molar-refractivity contribution in [3.8, 4) is 33.3 Å². The van der Waals surface area contributed by atoms with Gasteiger partial charge in [-0.1, -0.05) is 6.07 Å². The topological polar surface area (TPSA) is 64.7 Å². The van der Waals surface area contributed by atoms with Crippen molar-refractivity contribution in [1.82, 2.24) is 19.9 Å². The van der Waals surface area contributed by atoms with E-state index in [1.807, 2.05) is 30.5 Å². The van der Waals surface area contributed by atoms with E-state index >= 15 is 0 Å². The Morgan fingerprint density at radius 2 is 1.79 bits per heavy atom. The molecule has 28 heavy (non-hydrogen) atoms. The molecule has 5 rings (SSSR count). The number of pyridine rings is 1. The molecule has 5 aromatic rings. The fourth-order valence-corrected chi connectivity index (χ4v) is 3.66. The number of thiophene rings is 1. The van der Waals surface area contributed by atoms with Crippen LogP contribution in [0.3, 0.4) is 0 Å². The van der Waals surface area contributed by atoms with E-state index in [0.717, 1.165) is 27.5 Å². The Kier molecular flexibility index (Phi) is 3.95. The molecule has 136 valence electrons. The highest BCUT2D eigenvalue weighted by Gasteiger charge is 2.16. The standard InChI is InChI=1S/C21H13FN4OS/c1-12-10-24-21(27-12)14-9-16-20(23-11-14)26-18(13-4-6-15(22)7-5-13)19(25-16)17-3-2-8-28-17/h2-11H,1H3. The fraction of sp³-hybridized carbons (Fsp3) is 0.0476. The van der Waals surface area contributed by atoms with Crippen LogP contribution < -0.4 is 0 Å². The van der Waals surface area contributed by atoms with E-state index in [-0.39, 0.29) is 5.82 Å². The molecule has 4 aromatic heterocycles. The van der Waals surface area contributed by atoms with Gasteiger partial charge in [-0.2, -0.15) is 0 Å². The molecule has 0 fully saturated rings. The lowest BCUT2D eigenvalue weighted by atomic mass is 10.1. The van der Waals surface area contributed by atoms with Crippen LogP contribution in [0.4, 0.5) is 4.39 Å². The largest absolute Gasteiger partial charge is 0.441 e. The molecule has 5 nitrogen and oxygen atoms in total. The highest BCUT2D eigenvalue weighted by Crippen LogP contribution is 2.33. The van der Waals surface area contributed by atoms with Crippen LogP contribution in [0.2, 0.25) is 0 Å². The third-order valence-corrected chi connectivity index (χ3v) is 5.14. The molecule has 7 heteroatoms. The average Bonchev–Trinajstić information content (AvgIpc) is 3.39. The Bertz CT molecular complexity index is 1280. The Morgan fingerprint density at radius 1 is 0.929 bits per heavy atom. The van der Waals surface area contributed by atoms with Crippen molar-refractivity contribution in [3.63, 3.8) is 0 Å². The third kappa shape index (κ3) is 2.95. The molecular formula is C21H13FN4OS. The van der Waals surface area contributed by atoms with E-state index in [1.54, 1.807) is 35.9 Å². The second kappa shape index (κ2) is 6.61. The van der Waals surface area contributed by atoms with E-state index in [9.17, 15) is 4.39 Å². The van der Waals surface area contributed by atoms with Gasteiger partial charge in [0.05, 0.1) is 22.3 Å². The Hall–Kier alpha value is -3.45. The van der Waals surface area contributed by atoms with Crippen molar-refractivity contribution in [2.75, 3.05) is 0 Å². The zero-order valence-electron chi connectivity index (χ0n) is 14.8. The Labute approximate surface area is 163 Å². The van der Waals surface area contributed by atoms with Crippen LogP contribution in [0.15, 0.2) is 64.7 Å². The van der Waals surface area contributed by atoms with Crippen LogP contribution in [-0.4, -0.2) is 19.9 Å². The SMILES string of the molecule is Cc1cnc(-c2cnc3nc(-c4ccc(F)cc4)c(-c4cccs4)nc3c2)o1. The highest BCUT2D eigenvalue weighted by atomic mass is 32.1. The first-order chi connectivity index (χ1) is 13.7. The van der Waals surface area contributed by atoms with Gasteiger partial charge in [0.1, 0.15) is 22.8 Å². The molecule has 1 aromatic carbocycles. The summed E-state index contributed by atoms with van der Waals surface area (Å²) in [6.45, 7) is 1.84. The molecule has 0 amide bonds. The van der Waals surface area contributed by atoms with Crippen molar-refractivity contribution in [2.24, 2.45) is 0 Å². The van der Waals surface area contributed by atoms with Gasteiger partial charge < -0.3 is 4.42 Å². The van der Waals surface area contributed by atoms with Crippen LogP contribution >= 0.6 is 11.3 Å². The van der Waals surface area contributed by atoms with Crippen LogP contribution in [-0.2, 0) is 0 Å². The second-order valence-electron chi connectivity index (χ2n) is 6.25. The van der Waals surface area contributed by atoms with Gasteiger partial charge in [-0.15, -0.1) is 11.3 Å². The van der Waals surface area contributed by atoms with Gasteiger partial charge in [-0.25, -0.2) is 24.3 Å². The van der Waals surface area contributed by atoms with Gasteiger partial charge in [0.15, 0.2) is 5.65 Å².